The molecule has 0 aromatic heterocycles. The number of carbonyl (C=O) groups excluding carboxylic acids is 1. The van der Waals surface area contributed by atoms with E-state index >= 15 is 0 Å². The average molecular weight is 483 g/mol. The van der Waals surface area contributed by atoms with Crippen molar-refractivity contribution < 1.29 is 14.3 Å². The van der Waals surface area contributed by atoms with Gasteiger partial charge in [0.25, 0.3) is 5.91 Å². The third kappa shape index (κ3) is 6.35. The predicted molar refractivity (Wildman–Crippen MR) is 125 cm³/mol. The fraction of sp³-hybridized carbons (Fsp3) is 0.360. The maximum Gasteiger partial charge on any atom is 0.262 e. The van der Waals surface area contributed by atoms with Gasteiger partial charge in [-0.15, -0.1) is 0 Å². The number of halogens is 1. The van der Waals surface area contributed by atoms with Gasteiger partial charge in [-0.05, 0) is 72.0 Å². The van der Waals surface area contributed by atoms with E-state index in [1.807, 2.05) is 44.2 Å². The molecule has 162 valence electrons. The second kappa shape index (κ2) is 11.0. The van der Waals surface area contributed by atoms with E-state index < -0.39 is 0 Å². The highest BCUT2D eigenvalue weighted by atomic mass is 79.9. The zero-order valence-electron chi connectivity index (χ0n) is 17.9. The van der Waals surface area contributed by atoms with Crippen LogP contribution in [0.5, 0.6) is 11.5 Å². The van der Waals surface area contributed by atoms with Crippen LogP contribution < -0.4 is 14.8 Å². The molecule has 0 aliphatic heterocycles. The molecule has 3 rings (SSSR count). The van der Waals surface area contributed by atoms with Gasteiger partial charge in [-0.1, -0.05) is 42.7 Å². The van der Waals surface area contributed by atoms with Gasteiger partial charge >= 0.3 is 0 Å². The smallest absolute Gasteiger partial charge is 0.262 e. The van der Waals surface area contributed by atoms with Gasteiger partial charge in [0.15, 0.2) is 11.5 Å². The highest BCUT2D eigenvalue weighted by Gasteiger charge is 2.20. The van der Waals surface area contributed by atoms with Gasteiger partial charge < -0.3 is 14.8 Å². The van der Waals surface area contributed by atoms with Crippen molar-refractivity contribution in [2.24, 2.45) is 0 Å². The molecule has 1 N–H and O–H groups in total. The number of carbonyl (C=O) groups is 1. The van der Waals surface area contributed by atoms with Crippen molar-refractivity contribution in [3.05, 3.63) is 63.1 Å². The average Bonchev–Trinajstić information content (AvgIpc) is 3.24. The van der Waals surface area contributed by atoms with Crippen LogP contribution in [0.4, 0.5) is 0 Å². The van der Waals surface area contributed by atoms with Crippen molar-refractivity contribution in [1.29, 1.82) is 5.26 Å². The van der Waals surface area contributed by atoms with Crippen LogP contribution in [0.25, 0.3) is 6.08 Å². The number of nitriles is 1. The molecule has 5 nitrogen and oxygen atoms in total. The molecule has 6 heteroatoms. The first kappa shape index (κ1) is 22.9. The maximum atomic E-state index is 12.5. The van der Waals surface area contributed by atoms with Crippen LogP contribution in [-0.4, -0.2) is 18.6 Å². The van der Waals surface area contributed by atoms with E-state index in [9.17, 15) is 10.1 Å². The third-order valence-corrected chi connectivity index (χ3v) is 5.75. The lowest BCUT2D eigenvalue weighted by atomic mass is 10.1. The number of hydrogen-bond acceptors (Lipinski definition) is 4. The molecule has 1 saturated carbocycles. The van der Waals surface area contributed by atoms with Crippen LogP contribution >= 0.6 is 15.9 Å². The summed E-state index contributed by atoms with van der Waals surface area (Å²) in [5.41, 5.74) is 3.00. The first-order valence-corrected chi connectivity index (χ1v) is 11.4. The first-order chi connectivity index (χ1) is 15.0. The Hall–Kier alpha value is -2.78. The number of ether oxygens (including phenoxy) is 2. The van der Waals surface area contributed by atoms with Crippen molar-refractivity contribution >= 4 is 27.9 Å². The standard InChI is InChI=1S/C25H27BrN2O3/c1-3-30-23-14-19(12-20(15-27)25(29)28-21-9-4-5-10-21)13-22(26)24(23)31-16-18-8-6-7-17(2)11-18/h6-8,11-14,21H,3-5,9-10,16H2,1-2H3,(H,28,29)/b20-12-. The summed E-state index contributed by atoms with van der Waals surface area (Å²) < 4.78 is 12.5. The van der Waals surface area contributed by atoms with Crippen LogP contribution in [0.3, 0.4) is 0 Å². The molecular weight excluding hydrogens is 456 g/mol. The number of amides is 1. The normalized spacial score (nSPS) is 14.2. The molecule has 1 amide bonds. The summed E-state index contributed by atoms with van der Waals surface area (Å²) in [6.45, 7) is 4.81. The van der Waals surface area contributed by atoms with Crippen LogP contribution in [0.15, 0.2) is 46.4 Å². The summed E-state index contributed by atoms with van der Waals surface area (Å²) in [4.78, 5) is 12.5. The molecule has 2 aromatic carbocycles. The molecule has 0 unspecified atom stereocenters. The van der Waals surface area contributed by atoms with Crippen LogP contribution in [0.1, 0.15) is 49.3 Å². The van der Waals surface area contributed by atoms with E-state index in [0.29, 0.717) is 34.7 Å². The fourth-order valence-electron chi connectivity index (χ4n) is 3.68. The Labute approximate surface area is 192 Å². The van der Waals surface area contributed by atoms with Crippen LogP contribution in [0, 0.1) is 18.3 Å². The van der Waals surface area contributed by atoms with Gasteiger partial charge in [0.1, 0.15) is 18.2 Å². The Bertz CT molecular complexity index is 1000. The Morgan fingerprint density at radius 2 is 2.03 bits per heavy atom. The molecule has 0 atom stereocenters. The van der Waals surface area contributed by atoms with Crippen molar-refractivity contribution in [3.63, 3.8) is 0 Å². The minimum Gasteiger partial charge on any atom is -0.490 e. The Morgan fingerprint density at radius 1 is 1.26 bits per heavy atom. The zero-order valence-corrected chi connectivity index (χ0v) is 19.5. The van der Waals surface area contributed by atoms with Gasteiger partial charge in [0.05, 0.1) is 11.1 Å². The van der Waals surface area contributed by atoms with E-state index in [1.165, 1.54) is 5.56 Å². The number of aryl methyl sites for hydroxylation is 1. The van der Waals surface area contributed by atoms with Gasteiger partial charge in [0, 0.05) is 6.04 Å². The van der Waals surface area contributed by atoms with Crippen LogP contribution in [0.2, 0.25) is 0 Å². The fourth-order valence-corrected chi connectivity index (χ4v) is 4.25. The molecule has 1 aliphatic rings. The van der Waals surface area contributed by atoms with Crippen molar-refractivity contribution in [2.75, 3.05) is 6.61 Å². The summed E-state index contributed by atoms with van der Waals surface area (Å²) in [6, 6.07) is 13.9. The van der Waals surface area contributed by atoms with Gasteiger partial charge in [-0.25, -0.2) is 0 Å². The quantitative estimate of drug-likeness (QED) is 0.386. The van der Waals surface area contributed by atoms with E-state index in [2.05, 4.69) is 27.3 Å². The summed E-state index contributed by atoms with van der Waals surface area (Å²) >= 11 is 3.56. The molecular formula is C25H27BrN2O3. The lowest BCUT2D eigenvalue weighted by molar-refractivity contribution is -0.117. The number of hydrogen-bond donors (Lipinski definition) is 1. The molecule has 1 aliphatic carbocycles. The lowest BCUT2D eigenvalue weighted by Gasteiger charge is -2.15. The molecule has 2 aromatic rings. The van der Waals surface area contributed by atoms with E-state index in [-0.39, 0.29) is 17.5 Å². The Kier molecular flexibility index (Phi) is 8.13. The molecule has 0 radical (unpaired) electrons. The number of nitrogens with zero attached hydrogens (tertiary/aromatic N) is 1. The van der Waals surface area contributed by atoms with E-state index in [1.54, 1.807) is 12.1 Å². The van der Waals surface area contributed by atoms with Crippen LogP contribution in [-0.2, 0) is 11.4 Å². The molecule has 0 spiro atoms. The highest BCUT2D eigenvalue weighted by Crippen LogP contribution is 2.38. The van der Waals surface area contributed by atoms with Crippen molar-refractivity contribution in [2.45, 2.75) is 52.2 Å². The largest absolute Gasteiger partial charge is 0.490 e. The number of rotatable bonds is 8. The number of benzene rings is 2. The first-order valence-electron chi connectivity index (χ1n) is 10.6. The predicted octanol–water partition coefficient (Wildman–Crippen LogP) is 5.70. The number of nitrogens with one attached hydrogen (secondary N) is 1. The third-order valence-electron chi connectivity index (χ3n) is 5.16. The zero-order chi connectivity index (χ0) is 22.2. The summed E-state index contributed by atoms with van der Waals surface area (Å²) in [5.74, 6) is 0.821. The Morgan fingerprint density at radius 3 is 2.71 bits per heavy atom. The van der Waals surface area contributed by atoms with Crippen molar-refractivity contribution in [3.8, 4) is 17.6 Å². The summed E-state index contributed by atoms with van der Waals surface area (Å²) in [6.07, 6.45) is 5.76. The molecule has 31 heavy (non-hydrogen) atoms. The van der Waals surface area contributed by atoms with Gasteiger partial charge in [-0.2, -0.15) is 5.26 Å². The molecule has 0 heterocycles. The minimum atomic E-state index is -0.330. The maximum absolute atomic E-state index is 12.5. The molecule has 1 fully saturated rings. The molecule has 0 bridgehead atoms. The lowest BCUT2D eigenvalue weighted by Crippen LogP contribution is -2.33. The SMILES string of the molecule is CCOc1cc(/C=C(/C#N)C(=O)NC2CCCC2)cc(Br)c1OCc1cccc(C)c1. The second-order valence-corrected chi connectivity index (χ2v) is 8.52. The Balaban J connectivity index is 1.81. The van der Waals surface area contributed by atoms with E-state index in [0.717, 1.165) is 31.2 Å². The topological polar surface area (TPSA) is 71.3 Å². The van der Waals surface area contributed by atoms with Crippen molar-refractivity contribution in [1.82, 2.24) is 5.32 Å². The highest BCUT2D eigenvalue weighted by molar-refractivity contribution is 9.10. The van der Waals surface area contributed by atoms with Gasteiger partial charge in [-0.3, -0.25) is 4.79 Å². The monoisotopic (exact) mass is 482 g/mol. The van der Waals surface area contributed by atoms with Gasteiger partial charge in [0.2, 0.25) is 0 Å². The molecule has 0 saturated heterocycles. The minimum absolute atomic E-state index is 0.0784. The summed E-state index contributed by atoms with van der Waals surface area (Å²) in [7, 11) is 0. The van der Waals surface area contributed by atoms with E-state index in [4.69, 9.17) is 9.47 Å². The summed E-state index contributed by atoms with van der Waals surface area (Å²) in [5, 5.41) is 12.5. The second-order valence-electron chi connectivity index (χ2n) is 7.67.